The molecule has 0 spiro atoms. The van der Waals surface area contributed by atoms with E-state index in [-0.39, 0.29) is 16.4 Å². The smallest absolute Gasteiger partial charge is 0.262 e. The van der Waals surface area contributed by atoms with Crippen LogP contribution in [0.25, 0.3) is 0 Å². The molecule has 0 aliphatic heterocycles. The van der Waals surface area contributed by atoms with Crippen LogP contribution in [-0.4, -0.2) is 25.8 Å². The van der Waals surface area contributed by atoms with Crippen LogP contribution in [0.4, 0.5) is 11.4 Å². The van der Waals surface area contributed by atoms with Gasteiger partial charge in [0.1, 0.15) is 0 Å². The fourth-order valence-corrected chi connectivity index (χ4v) is 4.59. The van der Waals surface area contributed by atoms with Crippen LogP contribution in [0.1, 0.15) is 52.6 Å². The molecule has 2 amide bonds. The minimum Gasteiger partial charge on any atom is -0.347 e. The van der Waals surface area contributed by atoms with Gasteiger partial charge in [-0.3, -0.25) is 14.3 Å². The molecule has 0 aliphatic rings. The highest BCUT2D eigenvalue weighted by Gasteiger charge is 2.22. The Hall–Kier alpha value is -3.65. The van der Waals surface area contributed by atoms with Gasteiger partial charge in [-0.1, -0.05) is 35.9 Å². The lowest BCUT2D eigenvalue weighted by atomic mass is 10.1. The molecule has 34 heavy (non-hydrogen) atoms. The van der Waals surface area contributed by atoms with E-state index in [1.54, 1.807) is 55.5 Å². The first-order valence-electron chi connectivity index (χ1n) is 10.8. The van der Waals surface area contributed by atoms with Crippen molar-refractivity contribution in [2.45, 2.75) is 45.1 Å². The van der Waals surface area contributed by atoms with E-state index in [1.165, 1.54) is 6.07 Å². The highest BCUT2D eigenvalue weighted by atomic mass is 32.2. The number of hydrogen-bond donors (Lipinski definition) is 3. The number of rotatable bonds is 6. The predicted octanol–water partition coefficient (Wildman–Crippen LogP) is 4.88. The average molecular weight is 480 g/mol. The van der Waals surface area contributed by atoms with Crippen molar-refractivity contribution < 1.29 is 18.0 Å². The lowest BCUT2D eigenvalue weighted by molar-refractivity contribution is 0.0920. The standard InChI is InChI=1S/C26H29N3O4S/c1-17-10-14-20(15-11-17)29-34(32,33)23-16-19(13-12-18(23)2)24(30)27-22-9-7-6-8-21(22)25(31)28-26(3,4)5/h6-16,29H,1-5H3,(H,27,30)(H,28,31). The molecule has 3 rings (SSSR count). The molecule has 0 aromatic heterocycles. The first-order chi connectivity index (χ1) is 15.9. The van der Waals surface area contributed by atoms with Crippen molar-refractivity contribution >= 4 is 33.2 Å². The number of anilines is 2. The minimum atomic E-state index is -3.92. The van der Waals surface area contributed by atoms with Crippen molar-refractivity contribution in [1.29, 1.82) is 0 Å². The Kier molecular flexibility index (Phi) is 7.12. The summed E-state index contributed by atoms with van der Waals surface area (Å²) in [5.41, 5.74) is 2.29. The Labute approximate surface area is 200 Å². The Morgan fingerprint density at radius 3 is 2.12 bits per heavy atom. The fraction of sp³-hybridized carbons (Fsp3) is 0.231. The fourth-order valence-electron chi connectivity index (χ4n) is 3.26. The van der Waals surface area contributed by atoms with Gasteiger partial charge in [0.2, 0.25) is 0 Å². The van der Waals surface area contributed by atoms with Gasteiger partial charge < -0.3 is 10.6 Å². The van der Waals surface area contributed by atoms with Crippen LogP contribution in [0.2, 0.25) is 0 Å². The van der Waals surface area contributed by atoms with Crippen LogP contribution in [0.5, 0.6) is 0 Å². The Morgan fingerprint density at radius 1 is 0.824 bits per heavy atom. The highest BCUT2D eigenvalue weighted by Crippen LogP contribution is 2.23. The van der Waals surface area contributed by atoms with Gasteiger partial charge in [0.15, 0.2) is 0 Å². The molecule has 0 bridgehead atoms. The molecule has 178 valence electrons. The van der Waals surface area contributed by atoms with Crippen molar-refractivity contribution in [3.8, 4) is 0 Å². The number of aryl methyl sites for hydroxylation is 2. The van der Waals surface area contributed by atoms with Gasteiger partial charge in [-0.15, -0.1) is 0 Å². The zero-order valence-corrected chi connectivity index (χ0v) is 20.7. The monoisotopic (exact) mass is 479 g/mol. The van der Waals surface area contributed by atoms with Crippen molar-refractivity contribution in [3.63, 3.8) is 0 Å². The third-order valence-corrected chi connectivity index (χ3v) is 6.48. The van der Waals surface area contributed by atoms with Crippen LogP contribution in [-0.2, 0) is 10.0 Å². The topological polar surface area (TPSA) is 104 Å². The molecule has 0 radical (unpaired) electrons. The second kappa shape index (κ2) is 9.69. The first kappa shape index (κ1) is 25.0. The van der Waals surface area contributed by atoms with Crippen molar-refractivity contribution in [2.75, 3.05) is 10.0 Å². The summed E-state index contributed by atoms with van der Waals surface area (Å²) in [6.45, 7) is 9.17. The Bertz CT molecular complexity index is 1320. The van der Waals surface area contributed by atoms with E-state index in [0.29, 0.717) is 22.5 Å². The van der Waals surface area contributed by atoms with Gasteiger partial charge in [0.25, 0.3) is 21.8 Å². The van der Waals surface area contributed by atoms with E-state index in [9.17, 15) is 18.0 Å². The van der Waals surface area contributed by atoms with E-state index in [1.807, 2.05) is 39.8 Å². The number of hydrogen-bond acceptors (Lipinski definition) is 4. The second-order valence-electron chi connectivity index (χ2n) is 9.16. The van der Waals surface area contributed by atoms with Crippen LogP contribution in [0, 0.1) is 13.8 Å². The molecule has 8 heteroatoms. The maximum Gasteiger partial charge on any atom is 0.262 e. The quantitative estimate of drug-likeness (QED) is 0.468. The third kappa shape index (κ3) is 6.23. The van der Waals surface area contributed by atoms with Crippen LogP contribution >= 0.6 is 0 Å². The van der Waals surface area contributed by atoms with Crippen LogP contribution < -0.4 is 15.4 Å². The number of benzene rings is 3. The zero-order valence-electron chi connectivity index (χ0n) is 19.9. The summed E-state index contributed by atoms with van der Waals surface area (Å²) in [4.78, 5) is 25.7. The summed E-state index contributed by atoms with van der Waals surface area (Å²) in [6, 6.07) is 18.1. The zero-order chi connectivity index (χ0) is 25.1. The maximum absolute atomic E-state index is 13.0. The number of para-hydroxylation sites is 1. The molecule has 3 aromatic rings. The summed E-state index contributed by atoms with van der Waals surface area (Å²) in [6.07, 6.45) is 0. The highest BCUT2D eigenvalue weighted by molar-refractivity contribution is 7.92. The largest absolute Gasteiger partial charge is 0.347 e. The van der Waals surface area contributed by atoms with Crippen LogP contribution in [0.15, 0.2) is 71.6 Å². The number of carbonyl (C=O) groups is 2. The average Bonchev–Trinajstić information content (AvgIpc) is 2.74. The van der Waals surface area contributed by atoms with Crippen molar-refractivity contribution in [2.24, 2.45) is 0 Å². The van der Waals surface area contributed by atoms with Gasteiger partial charge in [-0.25, -0.2) is 8.42 Å². The summed E-state index contributed by atoms with van der Waals surface area (Å²) < 4.78 is 28.6. The van der Waals surface area contributed by atoms with Crippen LogP contribution in [0.3, 0.4) is 0 Å². The van der Waals surface area contributed by atoms with Gasteiger partial charge in [0.05, 0.1) is 16.1 Å². The molecular formula is C26H29N3O4S. The SMILES string of the molecule is Cc1ccc(NS(=O)(=O)c2cc(C(=O)Nc3ccccc3C(=O)NC(C)(C)C)ccc2C)cc1. The molecule has 0 fully saturated rings. The minimum absolute atomic E-state index is 0.000476. The number of sulfonamides is 1. The lowest BCUT2D eigenvalue weighted by Gasteiger charge is -2.21. The van der Waals surface area contributed by atoms with E-state index < -0.39 is 21.5 Å². The van der Waals surface area contributed by atoms with Gasteiger partial charge in [0, 0.05) is 16.8 Å². The molecule has 0 saturated heterocycles. The molecule has 3 aromatic carbocycles. The molecular weight excluding hydrogens is 450 g/mol. The summed E-state index contributed by atoms with van der Waals surface area (Å²) >= 11 is 0. The molecule has 0 saturated carbocycles. The Morgan fingerprint density at radius 2 is 1.47 bits per heavy atom. The van der Waals surface area contributed by atoms with E-state index >= 15 is 0 Å². The summed E-state index contributed by atoms with van der Waals surface area (Å²) in [5.74, 6) is -0.847. The molecule has 0 aliphatic carbocycles. The maximum atomic E-state index is 13.0. The number of amides is 2. The molecule has 0 unspecified atom stereocenters. The second-order valence-corrected chi connectivity index (χ2v) is 10.8. The van der Waals surface area contributed by atoms with E-state index in [4.69, 9.17) is 0 Å². The van der Waals surface area contributed by atoms with Gasteiger partial charge in [-0.05, 0) is 76.6 Å². The summed E-state index contributed by atoms with van der Waals surface area (Å²) in [7, 11) is -3.92. The molecule has 0 atom stereocenters. The van der Waals surface area contributed by atoms with E-state index in [0.717, 1.165) is 5.56 Å². The third-order valence-electron chi connectivity index (χ3n) is 4.95. The lowest BCUT2D eigenvalue weighted by Crippen LogP contribution is -2.40. The van der Waals surface area contributed by atoms with Gasteiger partial charge >= 0.3 is 0 Å². The van der Waals surface area contributed by atoms with E-state index in [2.05, 4.69) is 15.4 Å². The van der Waals surface area contributed by atoms with Crippen molar-refractivity contribution in [3.05, 3.63) is 89.0 Å². The molecule has 7 nitrogen and oxygen atoms in total. The molecule has 0 heterocycles. The predicted molar refractivity (Wildman–Crippen MR) is 135 cm³/mol. The molecule has 3 N–H and O–H groups in total. The summed E-state index contributed by atoms with van der Waals surface area (Å²) in [5, 5.41) is 5.61. The van der Waals surface area contributed by atoms with Crippen molar-refractivity contribution in [1.82, 2.24) is 5.32 Å². The Balaban J connectivity index is 1.87. The first-order valence-corrected chi connectivity index (χ1v) is 12.3. The number of carbonyl (C=O) groups excluding carboxylic acids is 2. The normalized spacial score (nSPS) is 11.6. The van der Waals surface area contributed by atoms with Gasteiger partial charge in [-0.2, -0.15) is 0 Å². The number of nitrogens with one attached hydrogen (secondary N) is 3.